The Morgan fingerprint density at radius 3 is 2.66 bits per heavy atom. The summed E-state index contributed by atoms with van der Waals surface area (Å²) >= 11 is 0. The third kappa shape index (κ3) is 3.53. The molecule has 1 aromatic carbocycles. The molecule has 7 nitrogen and oxygen atoms in total. The maximum Gasteiger partial charge on any atom is 0.416 e. The predicted molar refractivity (Wildman–Crippen MR) is 97.3 cm³/mol. The van der Waals surface area contributed by atoms with E-state index in [1.165, 1.54) is 16.8 Å². The van der Waals surface area contributed by atoms with Gasteiger partial charge in [0.25, 0.3) is 5.56 Å². The number of H-pyrrole nitrogens is 1. The molecule has 1 aliphatic heterocycles. The third-order valence-electron chi connectivity index (χ3n) is 5.12. The average molecular weight is 408 g/mol. The van der Waals surface area contributed by atoms with Crippen LogP contribution in [0.5, 0.6) is 0 Å². The summed E-state index contributed by atoms with van der Waals surface area (Å²) < 4.78 is 45.5. The van der Waals surface area contributed by atoms with E-state index in [9.17, 15) is 23.1 Å². The quantitative estimate of drug-likeness (QED) is 0.692. The average Bonchev–Trinajstić information content (AvgIpc) is 3.35. The normalized spacial score (nSPS) is 18.4. The van der Waals surface area contributed by atoms with Crippen molar-refractivity contribution in [3.05, 3.63) is 57.3 Å². The molecule has 10 heteroatoms. The summed E-state index contributed by atoms with van der Waals surface area (Å²) in [6.45, 7) is 1.85. The van der Waals surface area contributed by atoms with Crippen molar-refractivity contribution in [1.82, 2.24) is 19.7 Å². The number of hydrogen-bond acceptors (Lipinski definition) is 5. The van der Waals surface area contributed by atoms with Gasteiger partial charge in [0, 0.05) is 6.61 Å². The van der Waals surface area contributed by atoms with Crippen molar-refractivity contribution in [2.75, 3.05) is 6.61 Å². The molecule has 3 aromatic rings. The van der Waals surface area contributed by atoms with Gasteiger partial charge in [-0.05, 0) is 37.5 Å². The molecule has 0 aliphatic carbocycles. The lowest BCUT2D eigenvalue weighted by Gasteiger charge is -2.15. The second kappa shape index (κ2) is 7.27. The summed E-state index contributed by atoms with van der Waals surface area (Å²) in [5.41, 5.74) is -0.199. The number of aromatic amines is 1. The first-order chi connectivity index (χ1) is 13.8. The highest BCUT2D eigenvalue weighted by Crippen LogP contribution is 2.31. The molecular formula is C19H19F3N4O3. The fourth-order valence-corrected chi connectivity index (χ4v) is 3.55. The van der Waals surface area contributed by atoms with Crippen LogP contribution in [-0.4, -0.2) is 31.5 Å². The van der Waals surface area contributed by atoms with Crippen LogP contribution < -0.4 is 5.56 Å². The molecular weight excluding hydrogens is 389 g/mol. The standard InChI is InChI=1S/C19H19F3N4O3/c1-10(11-4-6-12(7-5-11)19(20,21)22)26-17-15(13(9-27)25-26)18(28)24-16(23-17)14-3-2-8-29-14/h4-7,10,14,27H,2-3,8-9H2,1H3,(H,23,24,28)/t10?,14-/m1/s1. The Balaban J connectivity index is 1.80. The fraction of sp³-hybridized carbons (Fsp3) is 0.421. The predicted octanol–water partition coefficient (Wildman–Crippen LogP) is 3.09. The Labute approximate surface area is 163 Å². The van der Waals surface area contributed by atoms with Gasteiger partial charge in [-0.15, -0.1) is 0 Å². The number of halogens is 3. The van der Waals surface area contributed by atoms with Crippen LogP contribution in [0.1, 0.15) is 54.6 Å². The number of fused-ring (bicyclic) bond motifs is 1. The van der Waals surface area contributed by atoms with Crippen molar-refractivity contribution in [3.63, 3.8) is 0 Å². The second-order valence-corrected chi connectivity index (χ2v) is 7.00. The maximum atomic E-state index is 12.8. The summed E-state index contributed by atoms with van der Waals surface area (Å²) in [5.74, 6) is 0.380. The van der Waals surface area contributed by atoms with Gasteiger partial charge in [0.1, 0.15) is 23.0 Å². The summed E-state index contributed by atoms with van der Waals surface area (Å²) in [7, 11) is 0. The SMILES string of the molecule is CC(c1ccc(C(F)(F)F)cc1)n1nc(CO)c2c(=O)[nH]c([C@H]3CCCO3)nc21. The Bertz CT molecular complexity index is 1080. The van der Waals surface area contributed by atoms with E-state index in [0.29, 0.717) is 18.0 Å². The zero-order valence-electron chi connectivity index (χ0n) is 15.5. The van der Waals surface area contributed by atoms with E-state index >= 15 is 0 Å². The number of aliphatic hydroxyl groups is 1. The zero-order valence-corrected chi connectivity index (χ0v) is 15.5. The van der Waals surface area contributed by atoms with Gasteiger partial charge in [0.15, 0.2) is 5.65 Å². The highest BCUT2D eigenvalue weighted by atomic mass is 19.4. The summed E-state index contributed by atoms with van der Waals surface area (Å²) in [6.07, 6.45) is -3.16. The van der Waals surface area contributed by atoms with Gasteiger partial charge >= 0.3 is 6.18 Å². The molecule has 0 saturated carbocycles. The van der Waals surface area contributed by atoms with Gasteiger partial charge in [-0.1, -0.05) is 12.1 Å². The number of nitrogens with one attached hydrogen (secondary N) is 1. The highest BCUT2D eigenvalue weighted by molar-refractivity contribution is 5.77. The van der Waals surface area contributed by atoms with Crippen molar-refractivity contribution >= 4 is 11.0 Å². The minimum Gasteiger partial charge on any atom is -0.390 e. The molecule has 1 fully saturated rings. The minimum absolute atomic E-state index is 0.159. The van der Waals surface area contributed by atoms with Crippen LogP contribution in [0.4, 0.5) is 13.2 Å². The number of nitrogens with zero attached hydrogens (tertiary/aromatic N) is 3. The van der Waals surface area contributed by atoms with Crippen LogP contribution in [0.25, 0.3) is 11.0 Å². The van der Waals surface area contributed by atoms with Gasteiger partial charge in [-0.2, -0.15) is 18.3 Å². The fourth-order valence-electron chi connectivity index (χ4n) is 3.55. The molecule has 0 bridgehead atoms. The molecule has 1 unspecified atom stereocenters. The monoisotopic (exact) mass is 408 g/mol. The van der Waals surface area contributed by atoms with E-state index in [1.807, 2.05) is 0 Å². The lowest BCUT2D eigenvalue weighted by atomic mass is 10.1. The molecule has 0 radical (unpaired) electrons. The van der Waals surface area contributed by atoms with Crippen molar-refractivity contribution in [3.8, 4) is 0 Å². The molecule has 1 aliphatic rings. The zero-order chi connectivity index (χ0) is 20.8. The highest BCUT2D eigenvalue weighted by Gasteiger charge is 2.30. The van der Waals surface area contributed by atoms with Crippen LogP contribution in [-0.2, 0) is 17.5 Å². The number of ether oxygens (including phenoxy) is 1. The van der Waals surface area contributed by atoms with Gasteiger partial charge < -0.3 is 14.8 Å². The van der Waals surface area contributed by atoms with E-state index in [0.717, 1.165) is 25.0 Å². The van der Waals surface area contributed by atoms with E-state index in [2.05, 4.69) is 15.1 Å². The van der Waals surface area contributed by atoms with Crippen LogP contribution in [0.15, 0.2) is 29.1 Å². The van der Waals surface area contributed by atoms with Crippen LogP contribution in [0, 0.1) is 0 Å². The van der Waals surface area contributed by atoms with Crippen LogP contribution >= 0.6 is 0 Å². The van der Waals surface area contributed by atoms with Gasteiger partial charge in [0.2, 0.25) is 0 Å². The summed E-state index contributed by atoms with van der Waals surface area (Å²) in [4.78, 5) is 19.8. The molecule has 2 atom stereocenters. The minimum atomic E-state index is -4.42. The van der Waals surface area contributed by atoms with Gasteiger partial charge in [0.05, 0.1) is 18.2 Å². The molecule has 3 heterocycles. The number of rotatable bonds is 4. The molecule has 0 amide bonds. The maximum absolute atomic E-state index is 12.8. The molecule has 29 heavy (non-hydrogen) atoms. The van der Waals surface area contributed by atoms with Gasteiger partial charge in [-0.3, -0.25) is 4.79 Å². The lowest BCUT2D eigenvalue weighted by molar-refractivity contribution is -0.137. The number of aliphatic hydroxyl groups excluding tert-OH is 1. The van der Waals surface area contributed by atoms with E-state index in [4.69, 9.17) is 4.74 Å². The molecule has 0 spiro atoms. The van der Waals surface area contributed by atoms with E-state index in [-0.39, 0.29) is 22.8 Å². The summed E-state index contributed by atoms with van der Waals surface area (Å²) in [6, 6.07) is 4.23. The number of hydrogen-bond donors (Lipinski definition) is 2. The number of alkyl halides is 3. The second-order valence-electron chi connectivity index (χ2n) is 7.00. The Morgan fingerprint density at radius 2 is 2.07 bits per heavy atom. The first kappa shape index (κ1) is 19.6. The molecule has 1 saturated heterocycles. The van der Waals surface area contributed by atoms with Crippen molar-refractivity contribution in [2.24, 2.45) is 0 Å². The van der Waals surface area contributed by atoms with Crippen molar-refractivity contribution < 1.29 is 23.0 Å². The van der Waals surface area contributed by atoms with Crippen molar-refractivity contribution in [2.45, 2.75) is 44.7 Å². The molecule has 2 aromatic heterocycles. The topological polar surface area (TPSA) is 93.0 Å². The molecule has 4 rings (SSSR count). The largest absolute Gasteiger partial charge is 0.416 e. The lowest BCUT2D eigenvalue weighted by Crippen LogP contribution is -2.17. The third-order valence-corrected chi connectivity index (χ3v) is 5.12. The van der Waals surface area contributed by atoms with Crippen molar-refractivity contribution in [1.29, 1.82) is 0 Å². The van der Waals surface area contributed by atoms with E-state index in [1.54, 1.807) is 6.92 Å². The number of aromatic nitrogens is 4. The Morgan fingerprint density at radius 1 is 1.34 bits per heavy atom. The summed E-state index contributed by atoms with van der Waals surface area (Å²) in [5, 5.41) is 14.1. The van der Waals surface area contributed by atoms with Gasteiger partial charge in [-0.25, -0.2) is 9.67 Å². The first-order valence-electron chi connectivity index (χ1n) is 9.20. The first-order valence-corrected chi connectivity index (χ1v) is 9.20. The Kier molecular flexibility index (Phi) is 4.91. The Hall–Kier alpha value is -2.72. The van der Waals surface area contributed by atoms with Crippen LogP contribution in [0.3, 0.4) is 0 Å². The van der Waals surface area contributed by atoms with Crippen LogP contribution in [0.2, 0.25) is 0 Å². The molecule has 2 N–H and O–H groups in total. The molecule has 154 valence electrons. The number of benzene rings is 1. The smallest absolute Gasteiger partial charge is 0.390 e. The van der Waals surface area contributed by atoms with E-state index < -0.39 is 29.9 Å².